The molecule has 0 saturated carbocycles. The van der Waals surface area contributed by atoms with Crippen LogP contribution in [0.4, 0.5) is 10.5 Å². The van der Waals surface area contributed by atoms with Gasteiger partial charge in [-0.05, 0) is 13.0 Å². The zero-order chi connectivity index (χ0) is 15.5. The summed E-state index contributed by atoms with van der Waals surface area (Å²) < 4.78 is 27.0. The molecule has 7 nitrogen and oxygen atoms in total. The number of primary amides is 1. The van der Waals surface area contributed by atoms with E-state index in [1.165, 1.54) is 10.0 Å². The highest BCUT2D eigenvalue weighted by atomic mass is 32.2. The van der Waals surface area contributed by atoms with Crippen LogP contribution in [0.15, 0.2) is 18.2 Å². The van der Waals surface area contributed by atoms with Gasteiger partial charge in [0.15, 0.2) is 0 Å². The largest absolute Gasteiger partial charge is 0.350 e. The summed E-state index contributed by atoms with van der Waals surface area (Å²) in [7, 11) is -0.249. The summed E-state index contributed by atoms with van der Waals surface area (Å²) >= 11 is 0. The van der Waals surface area contributed by atoms with Gasteiger partial charge in [0.2, 0.25) is 0 Å². The maximum Gasteiger partial charge on any atom is 0.334 e. The van der Waals surface area contributed by atoms with E-state index in [4.69, 9.17) is 9.92 Å². The Morgan fingerprint density at radius 1 is 1.35 bits per heavy atom. The van der Waals surface area contributed by atoms with Crippen molar-refractivity contribution in [2.45, 2.75) is 13.5 Å². The molecule has 1 aromatic rings. The number of nitrogens with two attached hydrogens (primary N) is 1. The maximum absolute atomic E-state index is 11.5. The fraction of sp³-hybridized carbons (Fsp3) is 0.417. The number of hydrogen-bond donors (Lipinski definition) is 1. The molecular formula is C12H19N3O4S. The molecule has 1 aromatic carbocycles. The van der Waals surface area contributed by atoms with Crippen LogP contribution < -0.4 is 10.7 Å². The van der Waals surface area contributed by atoms with Crippen LogP contribution in [0.5, 0.6) is 0 Å². The second-order valence-corrected chi connectivity index (χ2v) is 6.24. The van der Waals surface area contributed by atoms with E-state index in [-0.39, 0.29) is 6.61 Å². The van der Waals surface area contributed by atoms with Crippen molar-refractivity contribution < 1.29 is 17.4 Å². The van der Waals surface area contributed by atoms with E-state index in [2.05, 4.69) is 0 Å². The van der Waals surface area contributed by atoms with E-state index in [0.717, 1.165) is 11.8 Å². The molecule has 1 rings (SSSR count). The van der Waals surface area contributed by atoms with Crippen LogP contribution in [0.1, 0.15) is 11.1 Å². The van der Waals surface area contributed by atoms with E-state index >= 15 is 0 Å². The molecule has 0 aliphatic rings. The molecule has 0 atom stereocenters. The lowest BCUT2D eigenvalue weighted by atomic mass is 10.1. The summed E-state index contributed by atoms with van der Waals surface area (Å²) in [6.45, 7) is 1.70. The van der Waals surface area contributed by atoms with Gasteiger partial charge in [-0.2, -0.15) is 8.42 Å². The highest BCUT2D eigenvalue weighted by molar-refractivity contribution is 7.85. The number of aryl methyl sites for hydroxylation is 1. The SMILES string of the molecule is Cc1ccc(N(C(N)=O)N(C)C)c(COS(C)(=O)=O)c1. The first kappa shape index (κ1) is 16.4. The predicted molar refractivity (Wildman–Crippen MR) is 76.6 cm³/mol. The molecule has 0 saturated heterocycles. The molecular weight excluding hydrogens is 282 g/mol. The van der Waals surface area contributed by atoms with E-state index in [9.17, 15) is 13.2 Å². The van der Waals surface area contributed by atoms with Crippen LogP contribution >= 0.6 is 0 Å². The summed E-state index contributed by atoms with van der Waals surface area (Å²) in [4.78, 5) is 11.5. The van der Waals surface area contributed by atoms with Crippen molar-refractivity contribution in [1.82, 2.24) is 5.01 Å². The molecule has 0 fully saturated rings. The molecule has 2 amide bonds. The lowest BCUT2D eigenvalue weighted by Gasteiger charge is -2.29. The van der Waals surface area contributed by atoms with Crippen molar-refractivity contribution in [2.75, 3.05) is 25.4 Å². The van der Waals surface area contributed by atoms with Crippen LogP contribution in [0.2, 0.25) is 0 Å². The third-order valence-electron chi connectivity index (χ3n) is 2.50. The van der Waals surface area contributed by atoms with Crippen LogP contribution in [0, 0.1) is 6.92 Å². The molecule has 0 aromatic heterocycles. The minimum Gasteiger partial charge on any atom is -0.350 e. The number of carbonyl (C=O) groups excluding carboxylic acids is 1. The van der Waals surface area contributed by atoms with Gasteiger partial charge in [0.05, 0.1) is 18.6 Å². The van der Waals surface area contributed by atoms with E-state index in [1.54, 1.807) is 32.3 Å². The zero-order valence-electron chi connectivity index (χ0n) is 12.0. The molecule has 0 aliphatic heterocycles. The minimum absolute atomic E-state index is 0.159. The Kier molecular flexibility index (Phi) is 5.09. The van der Waals surface area contributed by atoms with Crippen LogP contribution in [-0.4, -0.2) is 39.8 Å². The van der Waals surface area contributed by atoms with Crippen molar-refractivity contribution in [1.29, 1.82) is 0 Å². The molecule has 0 bridgehead atoms. The average Bonchev–Trinajstić information content (AvgIpc) is 2.27. The number of benzene rings is 1. The van der Waals surface area contributed by atoms with Crippen molar-refractivity contribution in [3.63, 3.8) is 0 Å². The molecule has 20 heavy (non-hydrogen) atoms. The maximum atomic E-state index is 11.5. The molecule has 112 valence electrons. The van der Waals surface area contributed by atoms with Crippen molar-refractivity contribution >= 4 is 21.8 Å². The minimum atomic E-state index is -3.57. The number of carbonyl (C=O) groups is 1. The van der Waals surface area contributed by atoms with Crippen molar-refractivity contribution in [2.24, 2.45) is 5.73 Å². The Labute approximate surface area is 119 Å². The molecule has 0 heterocycles. The Bertz CT molecular complexity index is 599. The number of hydrazine groups is 1. The first-order chi connectivity index (χ1) is 9.11. The topological polar surface area (TPSA) is 92.9 Å². The summed E-state index contributed by atoms with van der Waals surface area (Å²) in [5.74, 6) is 0. The lowest BCUT2D eigenvalue weighted by Crippen LogP contribution is -2.45. The van der Waals surface area contributed by atoms with Gasteiger partial charge in [0, 0.05) is 19.7 Å². The van der Waals surface area contributed by atoms with Gasteiger partial charge in [-0.15, -0.1) is 0 Å². The van der Waals surface area contributed by atoms with E-state index in [0.29, 0.717) is 11.3 Å². The van der Waals surface area contributed by atoms with Crippen LogP contribution in [-0.2, 0) is 20.9 Å². The smallest absolute Gasteiger partial charge is 0.334 e. The second-order valence-electron chi connectivity index (χ2n) is 4.60. The summed E-state index contributed by atoms with van der Waals surface area (Å²) in [5.41, 5.74) is 7.31. The first-order valence-electron chi connectivity index (χ1n) is 5.82. The van der Waals surface area contributed by atoms with Gasteiger partial charge in [0.1, 0.15) is 0 Å². The van der Waals surface area contributed by atoms with Crippen LogP contribution in [0.25, 0.3) is 0 Å². The standard InChI is InChI=1S/C12H19N3O4S/c1-9-5-6-11(15(12(13)16)14(2)3)10(7-9)8-19-20(4,17)18/h5-7H,8H2,1-4H3,(H2,13,16). The second kappa shape index (κ2) is 6.21. The molecule has 2 N–H and O–H groups in total. The molecule has 8 heteroatoms. The van der Waals surface area contributed by atoms with Crippen molar-refractivity contribution in [3.8, 4) is 0 Å². The molecule has 0 radical (unpaired) electrons. The molecule has 0 spiro atoms. The highest BCUT2D eigenvalue weighted by Gasteiger charge is 2.19. The normalized spacial score (nSPS) is 11.7. The Balaban J connectivity index is 3.21. The molecule has 0 unspecified atom stereocenters. The zero-order valence-corrected chi connectivity index (χ0v) is 12.8. The van der Waals surface area contributed by atoms with E-state index in [1.807, 2.05) is 6.92 Å². The van der Waals surface area contributed by atoms with Gasteiger partial charge in [-0.25, -0.2) is 14.8 Å². The number of nitrogens with zero attached hydrogens (tertiary/aromatic N) is 2. The highest BCUT2D eigenvalue weighted by Crippen LogP contribution is 2.24. The summed E-state index contributed by atoms with van der Waals surface area (Å²) in [6, 6.07) is 4.58. The van der Waals surface area contributed by atoms with E-state index < -0.39 is 16.1 Å². The number of rotatable bonds is 5. The third-order valence-corrected chi connectivity index (χ3v) is 3.05. The molecule has 0 aliphatic carbocycles. The number of amides is 2. The quantitative estimate of drug-likeness (QED) is 0.642. The fourth-order valence-corrected chi connectivity index (χ4v) is 2.08. The number of hydrogen-bond acceptors (Lipinski definition) is 5. The number of urea groups is 1. The Morgan fingerprint density at radius 2 is 1.95 bits per heavy atom. The van der Waals surface area contributed by atoms with Gasteiger partial charge in [-0.3, -0.25) is 4.18 Å². The van der Waals surface area contributed by atoms with Gasteiger partial charge in [-0.1, -0.05) is 17.7 Å². The van der Waals surface area contributed by atoms with Crippen molar-refractivity contribution in [3.05, 3.63) is 29.3 Å². The van der Waals surface area contributed by atoms with Crippen LogP contribution in [0.3, 0.4) is 0 Å². The van der Waals surface area contributed by atoms with Gasteiger partial charge >= 0.3 is 6.03 Å². The summed E-state index contributed by atoms with van der Waals surface area (Å²) in [6.07, 6.45) is 0.972. The number of anilines is 1. The predicted octanol–water partition coefficient (Wildman–Crippen LogP) is 0.833. The van der Waals surface area contributed by atoms with Gasteiger partial charge in [0.25, 0.3) is 10.1 Å². The first-order valence-corrected chi connectivity index (χ1v) is 7.64. The Hall–Kier alpha value is -1.64. The lowest BCUT2D eigenvalue weighted by molar-refractivity contribution is 0.238. The monoisotopic (exact) mass is 301 g/mol. The Morgan fingerprint density at radius 3 is 2.40 bits per heavy atom. The fourth-order valence-electron chi connectivity index (χ4n) is 1.74. The summed E-state index contributed by atoms with van der Waals surface area (Å²) in [5, 5.41) is 2.75. The van der Waals surface area contributed by atoms with Gasteiger partial charge < -0.3 is 5.73 Å². The third kappa shape index (κ3) is 4.48. The average molecular weight is 301 g/mol.